The molecule has 3 aromatic rings. The Morgan fingerprint density at radius 2 is 1.59 bits per heavy atom. The second kappa shape index (κ2) is 7.01. The van der Waals surface area contributed by atoms with Crippen LogP contribution in [0.3, 0.4) is 0 Å². The van der Waals surface area contributed by atoms with Crippen LogP contribution in [0, 0.1) is 0 Å². The molecule has 0 bridgehead atoms. The minimum Gasteiger partial charge on any atom is -0.313 e. The predicted octanol–water partition coefficient (Wildman–Crippen LogP) is 4.53. The van der Waals surface area contributed by atoms with Crippen molar-refractivity contribution in [3.8, 4) is 22.4 Å². The number of pyridine rings is 1. The number of hydrogen-bond donors (Lipinski definition) is 1. The maximum Gasteiger partial charge on any atom is 0.0780 e. The largest absolute Gasteiger partial charge is 0.313 e. The fourth-order valence-corrected chi connectivity index (χ4v) is 2.54. The van der Waals surface area contributed by atoms with Gasteiger partial charge in [0.25, 0.3) is 0 Å². The monoisotopic (exact) mass is 288 g/mol. The van der Waals surface area contributed by atoms with Crippen molar-refractivity contribution in [2.45, 2.75) is 13.5 Å². The normalized spacial score (nSPS) is 10.6. The topological polar surface area (TPSA) is 24.9 Å². The van der Waals surface area contributed by atoms with Crippen molar-refractivity contribution in [2.75, 3.05) is 6.54 Å². The van der Waals surface area contributed by atoms with Crippen LogP contribution in [0.15, 0.2) is 72.9 Å². The molecule has 0 saturated carbocycles. The van der Waals surface area contributed by atoms with Crippen LogP contribution in [0.4, 0.5) is 0 Å². The fraction of sp³-hybridized carbons (Fsp3) is 0.150. The molecular weight excluding hydrogens is 268 g/mol. The minimum atomic E-state index is 0.907. The van der Waals surface area contributed by atoms with Crippen LogP contribution in [-0.4, -0.2) is 11.5 Å². The summed E-state index contributed by atoms with van der Waals surface area (Å²) < 4.78 is 0. The molecule has 22 heavy (non-hydrogen) atoms. The Morgan fingerprint density at radius 3 is 2.32 bits per heavy atom. The second-order valence-electron chi connectivity index (χ2n) is 5.24. The molecule has 0 spiro atoms. The van der Waals surface area contributed by atoms with Crippen molar-refractivity contribution < 1.29 is 0 Å². The lowest BCUT2D eigenvalue weighted by molar-refractivity contribution is 0.727. The maximum absolute atomic E-state index is 4.60. The Balaban J connectivity index is 1.95. The molecule has 0 fully saturated rings. The second-order valence-corrected chi connectivity index (χ2v) is 5.24. The van der Waals surface area contributed by atoms with Gasteiger partial charge in [-0.05, 0) is 23.7 Å². The first-order valence-electron chi connectivity index (χ1n) is 7.69. The average molecular weight is 288 g/mol. The first-order chi connectivity index (χ1) is 10.9. The molecule has 1 aromatic heterocycles. The van der Waals surface area contributed by atoms with Crippen LogP contribution in [0.25, 0.3) is 22.4 Å². The molecule has 2 heteroatoms. The quantitative estimate of drug-likeness (QED) is 0.746. The Bertz CT molecular complexity index is 718. The Hall–Kier alpha value is -2.45. The lowest BCUT2D eigenvalue weighted by atomic mass is 9.99. The molecular formula is C20H20N2. The molecule has 0 saturated heterocycles. The third kappa shape index (κ3) is 3.23. The van der Waals surface area contributed by atoms with E-state index in [1.807, 2.05) is 18.3 Å². The van der Waals surface area contributed by atoms with E-state index >= 15 is 0 Å². The summed E-state index contributed by atoms with van der Waals surface area (Å²) in [5, 5.41) is 3.35. The molecule has 2 nitrogen and oxygen atoms in total. The highest BCUT2D eigenvalue weighted by Gasteiger charge is 2.08. The van der Waals surface area contributed by atoms with Gasteiger partial charge in [0.1, 0.15) is 0 Å². The van der Waals surface area contributed by atoms with Gasteiger partial charge in [-0.3, -0.25) is 4.98 Å². The van der Waals surface area contributed by atoms with Gasteiger partial charge in [0.2, 0.25) is 0 Å². The zero-order valence-electron chi connectivity index (χ0n) is 12.8. The van der Waals surface area contributed by atoms with Crippen molar-refractivity contribution in [1.29, 1.82) is 0 Å². The molecule has 0 unspecified atom stereocenters. The first-order valence-corrected chi connectivity index (χ1v) is 7.69. The van der Waals surface area contributed by atoms with E-state index in [0.717, 1.165) is 24.3 Å². The van der Waals surface area contributed by atoms with Crippen LogP contribution in [0.2, 0.25) is 0 Å². The van der Waals surface area contributed by atoms with Gasteiger partial charge >= 0.3 is 0 Å². The van der Waals surface area contributed by atoms with Crippen LogP contribution in [-0.2, 0) is 6.54 Å². The Kier molecular flexibility index (Phi) is 4.62. The smallest absolute Gasteiger partial charge is 0.0780 e. The van der Waals surface area contributed by atoms with Gasteiger partial charge in [0.05, 0.1) is 5.69 Å². The van der Waals surface area contributed by atoms with E-state index in [9.17, 15) is 0 Å². The lowest BCUT2D eigenvalue weighted by Gasteiger charge is -2.10. The van der Waals surface area contributed by atoms with E-state index in [1.54, 1.807) is 0 Å². The average Bonchev–Trinajstić information content (AvgIpc) is 2.61. The minimum absolute atomic E-state index is 0.907. The van der Waals surface area contributed by atoms with Gasteiger partial charge in [0.15, 0.2) is 0 Å². The summed E-state index contributed by atoms with van der Waals surface area (Å²) in [6.45, 7) is 4.01. The molecule has 0 aliphatic heterocycles. The van der Waals surface area contributed by atoms with Gasteiger partial charge < -0.3 is 5.32 Å². The molecule has 0 amide bonds. The molecule has 1 N–H and O–H groups in total. The van der Waals surface area contributed by atoms with E-state index in [-0.39, 0.29) is 0 Å². The number of aromatic nitrogens is 1. The lowest BCUT2D eigenvalue weighted by Crippen LogP contribution is -2.11. The molecule has 110 valence electrons. The van der Waals surface area contributed by atoms with Crippen molar-refractivity contribution in [2.24, 2.45) is 0 Å². The zero-order valence-corrected chi connectivity index (χ0v) is 12.8. The SMILES string of the molecule is CCNCc1ccc(-c2ncccc2-c2ccccc2)cc1. The molecule has 0 atom stereocenters. The molecule has 1 heterocycles. The van der Waals surface area contributed by atoms with Gasteiger partial charge in [-0.1, -0.05) is 67.6 Å². The highest BCUT2D eigenvalue weighted by molar-refractivity contribution is 5.80. The maximum atomic E-state index is 4.60. The van der Waals surface area contributed by atoms with Gasteiger partial charge in [-0.25, -0.2) is 0 Å². The molecule has 2 aromatic carbocycles. The van der Waals surface area contributed by atoms with Crippen molar-refractivity contribution >= 4 is 0 Å². The van der Waals surface area contributed by atoms with Gasteiger partial charge in [0, 0.05) is 23.9 Å². The number of nitrogens with one attached hydrogen (secondary N) is 1. The van der Waals surface area contributed by atoms with E-state index in [2.05, 4.69) is 71.8 Å². The number of nitrogens with zero attached hydrogens (tertiary/aromatic N) is 1. The fourth-order valence-electron chi connectivity index (χ4n) is 2.54. The number of rotatable bonds is 5. The third-order valence-electron chi connectivity index (χ3n) is 3.70. The summed E-state index contributed by atoms with van der Waals surface area (Å²) >= 11 is 0. The summed E-state index contributed by atoms with van der Waals surface area (Å²) in [4.78, 5) is 4.60. The van der Waals surface area contributed by atoms with Crippen LogP contribution in [0.1, 0.15) is 12.5 Å². The van der Waals surface area contributed by atoms with E-state index in [1.165, 1.54) is 16.7 Å². The molecule has 0 radical (unpaired) electrons. The van der Waals surface area contributed by atoms with E-state index < -0.39 is 0 Å². The van der Waals surface area contributed by atoms with Gasteiger partial charge in [-0.2, -0.15) is 0 Å². The highest BCUT2D eigenvalue weighted by Crippen LogP contribution is 2.29. The molecule has 0 aliphatic rings. The predicted molar refractivity (Wildman–Crippen MR) is 92.5 cm³/mol. The van der Waals surface area contributed by atoms with Crippen LogP contribution in [0.5, 0.6) is 0 Å². The van der Waals surface area contributed by atoms with Gasteiger partial charge in [-0.15, -0.1) is 0 Å². The van der Waals surface area contributed by atoms with E-state index in [4.69, 9.17) is 0 Å². The first kappa shape index (κ1) is 14.5. The zero-order chi connectivity index (χ0) is 15.2. The summed E-state index contributed by atoms with van der Waals surface area (Å²) in [7, 11) is 0. The summed E-state index contributed by atoms with van der Waals surface area (Å²) in [6, 6.07) is 23.2. The Morgan fingerprint density at radius 1 is 0.818 bits per heavy atom. The molecule has 0 aliphatic carbocycles. The standard InChI is InChI=1S/C20H20N2/c1-2-21-15-16-10-12-18(13-11-16)20-19(9-6-14-22-20)17-7-4-3-5-8-17/h3-14,21H,2,15H2,1H3. The number of hydrogen-bond acceptors (Lipinski definition) is 2. The highest BCUT2D eigenvalue weighted by atomic mass is 14.8. The Labute approximate surface area is 131 Å². The van der Waals surface area contributed by atoms with Crippen LogP contribution >= 0.6 is 0 Å². The van der Waals surface area contributed by atoms with Crippen molar-refractivity contribution in [3.63, 3.8) is 0 Å². The third-order valence-corrected chi connectivity index (χ3v) is 3.70. The van der Waals surface area contributed by atoms with Crippen molar-refractivity contribution in [1.82, 2.24) is 10.3 Å². The number of benzene rings is 2. The summed E-state index contributed by atoms with van der Waals surface area (Å²) in [5.41, 5.74) is 5.84. The van der Waals surface area contributed by atoms with Crippen LogP contribution < -0.4 is 5.32 Å². The summed E-state index contributed by atoms with van der Waals surface area (Å²) in [6.07, 6.45) is 1.86. The molecule has 3 rings (SSSR count). The van der Waals surface area contributed by atoms with Crippen molar-refractivity contribution in [3.05, 3.63) is 78.5 Å². The van der Waals surface area contributed by atoms with E-state index in [0.29, 0.717) is 0 Å². The summed E-state index contributed by atoms with van der Waals surface area (Å²) in [5.74, 6) is 0.